The van der Waals surface area contributed by atoms with Crippen molar-refractivity contribution >= 4 is 17.6 Å². The lowest BCUT2D eigenvalue weighted by atomic mass is 10.2. The van der Waals surface area contributed by atoms with Crippen LogP contribution in [0.15, 0.2) is 24.3 Å². The second-order valence-corrected chi connectivity index (χ2v) is 6.59. The number of benzene rings is 1. The summed E-state index contributed by atoms with van der Waals surface area (Å²) >= 11 is 0. The second-order valence-electron chi connectivity index (χ2n) is 6.59. The summed E-state index contributed by atoms with van der Waals surface area (Å²) in [6.07, 6.45) is -5.64. The first kappa shape index (κ1) is 23.1. The summed E-state index contributed by atoms with van der Waals surface area (Å²) in [4.78, 5) is 24.9. The van der Waals surface area contributed by atoms with Crippen molar-refractivity contribution in [1.82, 2.24) is 4.57 Å². The minimum Gasteiger partial charge on any atom is -0.497 e. The van der Waals surface area contributed by atoms with Crippen molar-refractivity contribution in [3.63, 3.8) is 0 Å². The lowest BCUT2D eigenvalue weighted by molar-refractivity contribution is -0.141. The maximum atomic E-state index is 12.7. The van der Waals surface area contributed by atoms with Crippen molar-refractivity contribution < 1.29 is 37.0 Å². The van der Waals surface area contributed by atoms with Gasteiger partial charge >= 0.3 is 12.1 Å². The van der Waals surface area contributed by atoms with Crippen LogP contribution in [0.3, 0.4) is 0 Å². The smallest absolute Gasteiger partial charge is 0.406 e. The van der Waals surface area contributed by atoms with Crippen LogP contribution in [-0.4, -0.2) is 42.9 Å². The maximum Gasteiger partial charge on any atom is 0.406 e. The first-order chi connectivity index (χ1) is 14.0. The van der Waals surface area contributed by atoms with Crippen molar-refractivity contribution in [2.75, 3.05) is 19.5 Å². The number of rotatable bonds is 7. The molecule has 0 bridgehead atoms. The van der Waals surface area contributed by atoms with Crippen molar-refractivity contribution in [3.05, 3.63) is 41.2 Å². The average Bonchev–Trinajstić information content (AvgIpc) is 2.94. The molecule has 1 amide bonds. The molecule has 30 heavy (non-hydrogen) atoms. The topological polar surface area (TPSA) is 78.8 Å². The highest BCUT2D eigenvalue weighted by atomic mass is 19.4. The van der Waals surface area contributed by atoms with Gasteiger partial charge in [-0.15, -0.1) is 0 Å². The number of nitrogens with one attached hydrogen (secondary N) is 1. The van der Waals surface area contributed by atoms with Gasteiger partial charge in [-0.1, -0.05) is 0 Å². The lowest BCUT2D eigenvalue weighted by Crippen LogP contribution is -2.30. The molecule has 0 fully saturated rings. The predicted molar refractivity (Wildman–Crippen MR) is 103 cm³/mol. The molecule has 1 aromatic carbocycles. The number of ether oxygens (including phenoxy) is 3. The Balaban J connectivity index is 2.13. The molecular weight excluding hydrogens is 405 g/mol. The van der Waals surface area contributed by atoms with E-state index in [1.165, 1.54) is 47.1 Å². The van der Waals surface area contributed by atoms with Gasteiger partial charge in [0.1, 0.15) is 18.0 Å². The van der Waals surface area contributed by atoms with E-state index in [1.54, 1.807) is 12.1 Å². The lowest BCUT2D eigenvalue weighted by Gasteiger charge is -2.16. The molecule has 1 atom stereocenters. The summed E-state index contributed by atoms with van der Waals surface area (Å²) in [5.41, 5.74) is 0.648. The van der Waals surface area contributed by atoms with Gasteiger partial charge in [-0.05, 0) is 39.0 Å². The molecule has 0 radical (unpaired) electrons. The van der Waals surface area contributed by atoms with Crippen LogP contribution in [0, 0.1) is 13.8 Å². The van der Waals surface area contributed by atoms with Gasteiger partial charge in [0, 0.05) is 17.5 Å². The van der Waals surface area contributed by atoms with E-state index in [0.29, 0.717) is 17.2 Å². The third-order valence-corrected chi connectivity index (χ3v) is 4.45. The van der Waals surface area contributed by atoms with Gasteiger partial charge in [-0.2, -0.15) is 13.2 Å². The van der Waals surface area contributed by atoms with Gasteiger partial charge in [0.25, 0.3) is 5.91 Å². The van der Waals surface area contributed by atoms with Crippen molar-refractivity contribution in [3.8, 4) is 11.5 Å². The number of halogens is 3. The highest BCUT2D eigenvalue weighted by Crippen LogP contribution is 2.29. The van der Waals surface area contributed by atoms with E-state index >= 15 is 0 Å². The highest BCUT2D eigenvalue weighted by molar-refractivity contribution is 5.98. The molecule has 0 saturated carbocycles. The Labute approximate surface area is 171 Å². The number of aryl methyl sites for hydroxylation is 1. The quantitative estimate of drug-likeness (QED) is 0.678. The molecule has 0 aliphatic rings. The number of hydrogen-bond donors (Lipinski definition) is 1. The summed E-state index contributed by atoms with van der Waals surface area (Å²) < 4.78 is 54.6. The van der Waals surface area contributed by atoms with Gasteiger partial charge < -0.3 is 24.1 Å². The van der Waals surface area contributed by atoms with E-state index in [2.05, 4.69) is 5.32 Å². The van der Waals surface area contributed by atoms with Crippen molar-refractivity contribution in [2.24, 2.45) is 0 Å². The van der Waals surface area contributed by atoms with Crippen LogP contribution in [0.25, 0.3) is 0 Å². The third-order valence-electron chi connectivity index (χ3n) is 4.45. The Bertz CT molecular complexity index is 937. The number of nitrogens with zero attached hydrogens (tertiary/aromatic N) is 1. The van der Waals surface area contributed by atoms with Crippen LogP contribution in [0.4, 0.5) is 18.9 Å². The summed E-state index contributed by atoms with van der Waals surface area (Å²) in [5, 5.41) is 2.58. The minimum absolute atomic E-state index is 0.0321. The molecule has 7 nitrogen and oxygen atoms in total. The number of carbonyl (C=O) groups is 2. The molecule has 2 aromatic rings. The van der Waals surface area contributed by atoms with Crippen LogP contribution in [-0.2, 0) is 16.1 Å². The zero-order chi connectivity index (χ0) is 22.6. The van der Waals surface area contributed by atoms with Gasteiger partial charge in [0.15, 0.2) is 6.10 Å². The number of amides is 1. The SMILES string of the molecule is COc1ccc(OC)c(NC(=O)C(C)OC(=O)c2cc(C)n(CC(F)(F)F)c2C)c1. The van der Waals surface area contributed by atoms with E-state index in [9.17, 15) is 22.8 Å². The Morgan fingerprint density at radius 3 is 2.37 bits per heavy atom. The summed E-state index contributed by atoms with van der Waals surface area (Å²) in [5.74, 6) is -0.679. The van der Waals surface area contributed by atoms with Crippen LogP contribution in [0.2, 0.25) is 0 Å². The third kappa shape index (κ3) is 5.46. The van der Waals surface area contributed by atoms with Crippen LogP contribution in [0.5, 0.6) is 11.5 Å². The zero-order valence-electron chi connectivity index (χ0n) is 17.2. The van der Waals surface area contributed by atoms with Crippen molar-refractivity contribution in [2.45, 2.75) is 39.6 Å². The fraction of sp³-hybridized carbons (Fsp3) is 0.400. The molecule has 0 aliphatic carbocycles. The number of esters is 1. The molecule has 1 unspecified atom stereocenters. The molecule has 2 rings (SSSR count). The summed E-state index contributed by atoms with van der Waals surface area (Å²) in [6.45, 7) is 2.99. The van der Waals surface area contributed by atoms with Gasteiger partial charge in [-0.3, -0.25) is 4.79 Å². The summed E-state index contributed by atoms with van der Waals surface area (Å²) in [6, 6.07) is 6.09. The van der Waals surface area contributed by atoms with Gasteiger partial charge in [0.2, 0.25) is 0 Å². The molecule has 1 aromatic heterocycles. The zero-order valence-corrected chi connectivity index (χ0v) is 17.2. The van der Waals surface area contributed by atoms with Gasteiger partial charge in [0.05, 0.1) is 25.5 Å². The number of methoxy groups -OCH3 is 2. The van der Waals surface area contributed by atoms with E-state index in [0.717, 1.165) is 4.57 Å². The minimum atomic E-state index is -4.43. The monoisotopic (exact) mass is 428 g/mol. The van der Waals surface area contributed by atoms with E-state index in [1.807, 2.05) is 0 Å². The molecule has 1 N–H and O–H groups in total. The molecule has 164 valence electrons. The maximum absolute atomic E-state index is 12.7. The molecule has 1 heterocycles. The Morgan fingerprint density at radius 2 is 1.80 bits per heavy atom. The molecule has 10 heteroatoms. The second kappa shape index (κ2) is 9.10. The van der Waals surface area contributed by atoms with Crippen molar-refractivity contribution in [1.29, 1.82) is 0 Å². The number of aromatic nitrogens is 1. The Hall–Kier alpha value is -3.17. The fourth-order valence-electron chi connectivity index (χ4n) is 2.85. The number of alkyl halides is 3. The largest absolute Gasteiger partial charge is 0.497 e. The van der Waals surface area contributed by atoms with Crippen LogP contribution < -0.4 is 14.8 Å². The number of hydrogen-bond acceptors (Lipinski definition) is 5. The molecule has 0 spiro atoms. The normalized spacial score (nSPS) is 12.3. The standard InChI is InChI=1S/C20H23F3N2O5/c1-11-8-15(12(2)25(11)10-20(21,22)23)19(27)30-13(3)18(26)24-16-9-14(28-4)6-7-17(16)29-5/h6-9,13H,10H2,1-5H3,(H,24,26). The van der Waals surface area contributed by atoms with Crippen LogP contribution in [0.1, 0.15) is 28.7 Å². The molecule has 0 saturated heterocycles. The predicted octanol–water partition coefficient (Wildman–Crippen LogP) is 3.87. The Morgan fingerprint density at radius 1 is 1.13 bits per heavy atom. The number of anilines is 1. The fourth-order valence-corrected chi connectivity index (χ4v) is 2.85. The average molecular weight is 428 g/mol. The number of carbonyl (C=O) groups excluding carboxylic acids is 2. The van der Waals surface area contributed by atoms with E-state index in [-0.39, 0.29) is 17.0 Å². The molecular formula is C20H23F3N2O5. The summed E-state index contributed by atoms with van der Waals surface area (Å²) in [7, 11) is 2.89. The first-order valence-corrected chi connectivity index (χ1v) is 8.94. The van der Waals surface area contributed by atoms with Crippen LogP contribution >= 0.6 is 0 Å². The Kier molecular flexibility index (Phi) is 7.01. The van der Waals surface area contributed by atoms with Gasteiger partial charge in [-0.25, -0.2) is 4.79 Å². The highest BCUT2D eigenvalue weighted by Gasteiger charge is 2.31. The van der Waals surface area contributed by atoms with E-state index in [4.69, 9.17) is 14.2 Å². The first-order valence-electron chi connectivity index (χ1n) is 8.94. The van der Waals surface area contributed by atoms with E-state index < -0.39 is 30.7 Å². The molecule has 0 aliphatic heterocycles.